The zero-order valence-corrected chi connectivity index (χ0v) is 13.4. The van der Waals surface area contributed by atoms with Crippen LogP contribution in [0.1, 0.15) is 37.6 Å². The van der Waals surface area contributed by atoms with Crippen molar-refractivity contribution >= 4 is 27.3 Å². The summed E-state index contributed by atoms with van der Waals surface area (Å²) in [6.07, 6.45) is 4.51. The summed E-state index contributed by atoms with van der Waals surface area (Å²) in [5.41, 5.74) is 7.86. The molecule has 0 radical (unpaired) electrons. The summed E-state index contributed by atoms with van der Waals surface area (Å²) in [7, 11) is 0. The molecule has 4 heteroatoms. The number of halogens is 1. The van der Waals surface area contributed by atoms with Gasteiger partial charge < -0.3 is 5.73 Å². The predicted molar refractivity (Wildman–Crippen MR) is 83.0 cm³/mol. The molecular weight excluding hydrogens is 308 g/mol. The molecule has 2 heterocycles. The lowest BCUT2D eigenvalue weighted by atomic mass is 10.00. The highest BCUT2D eigenvalue weighted by Gasteiger charge is 2.27. The molecule has 18 heavy (non-hydrogen) atoms. The molecule has 1 aromatic heterocycles. The third kappa shape index (κ3) is 3.23. The standard InChI is InChI=1S/C14H21BrN2S/c1-3-11(16)14(12-4-5-13(15)18-12)17-8-6-10(2)7-9-17/h4-6,11,14H,3,7-9,16H2,1-2H3. The minimum absolute atomic E-state index is 0.211. The topological polar surface area (TPSA) is 29.3 Å². The van der Waals surface area contributed by atoms with Gasteiger partial charge in [0.15, 0.2) is 0 Å². The van der Waals surface area contributed by atoms with Crippen molar-refractivity contribution in [2.45, 2.75) is 38.8 Å². The molecule has 1 aromatic rings. The molecule has 100 valence electrons. The smallest absolute Gasteiger partial charge is 0.0702 e. The number of rotatable bonds is 4. The van der Waals surface area contributed by atoms with Crippen LogP contribution < -0.4 is 5.73 Å². The molecular formula is C14H21BrN2S. The maximum absolute atomic E-state index is 6.35. The summed E-state index contributed by atoms with van der Waals surface area (Å²) in [5, 5.41) is 0. The van der Waals surface area contributed by atoms with E-state index in [1.54, 1.807) is 0 Å². The zero-order valence-electron chi connectivity index (χ0n) is 11.0. The van der Waals surface area contributed by atoms with E-state index in [1.807, 2.05) is 11.3 Å². The quantitative estimate of drug-likeness (QED) is 0.848. The van der Waals surface area contributed by atoms with E-state index in [4.69, 9.17) is 5.73 Å². The second-order valence-electron chi connectivity index (χ2n) is 4.95. The largest absolute Gasteiger partial charge is 0.326 e. The minimum atomic E-state index is 0.211. The van der Waals surface area contributed by atoms with Crippen LogP contribution in [0.15, 0.2) is 27.6 Å². The molecule has 0 aliphatic carbocycles. The fourth-order valence-corrected chi connectivity index (χ4v) is 4.05. The minimum Gasteiger partial charge on any atom is -0.326 e. The van der Waals surface area contributed by atoms with Gasteiger partial charge in [0, 0.05) is 24.0 Å². The second-order valence-corrected chi connectivity index (χ2v) is 7.45. The molecule has 0 saturated carbocycles. The van der Waals surface area contributed by atoms with E-state index in [-0.39, 0.29) is 6.04 Å². The first-order valence-corrected chi connectivity index (χ1v) is 8.13. The normalized spacial score (nSPS) is 20.6. The van der Waals surface area contributed by atoms with Gasteiger partial charge in [-0.25, -0.2) is 0 Å². The second kappa shape index (κ2) is 6.33. The van der Waals surface area contributed by atoms with Crippen LogP contribution in [0.5, 0.6) is 0 Å². The van der Waals surface area contributed by atoms with Gasteiger partial charge in [0.1, 0.15) is 0 Å². The summed E-state index contributed by atoms with van der Waals surface area (Å²) in [6, 6.07) is 4.90. The fraction of sp³-hybridized carbons (Fsp3) is 0.571. The molecule has 0 spiro atoms. The van der Waals surface area contributed by atoms with E-state index >= 15 is 0 Å². The predicted octanol–water partition coefficient (Wildman–Crippen LogP) is 3.94. The van der Waals surface area contributed by atoms with Gasteiger partial charge in [0.05, 0.1) is 9.83 Å². The van der Waals surface area contributed by atoms with Crippen molar-refractivity contribution in [3.8, 4) is 0 Å². The number of nitrogens with two attached hydrogens (primary N) is 1. The summed E-state index contributed by atoms with van der Waals surface area (Å²) in [6.45, 7) is 6.54. The fourth-order valence-electron chi connectivity index (χ4n) is 2.41. The van der Waals surface area contributed by atoms with Gasteiger partial charge in [-0.1, -0.05) is 18.6 Å². The van der Waals surface area contributed by atoms with Gasteiger partial charge in [-0.15, -0.1) is 11.3 Å². The highest BCUT2D eigenvalue weighted by atomic mass is 79.9. The first-order valence-electron chi connectivity index (χ1n) is 6.52. The lowest BCUT2D eigenvalue weighted by molar-refractivity contribution is 0.185. The molecule has 0 amide bonds. The highest BCUT2D eigenvalue weighted by Crippen LogP contribution is 2.34. The van der Waals surface area contributed by atoms with Crippen molar-refractivity contribution < 1.29 is 0 Å². The molecule has 0 bridgehead atoms. The third-order valence-electron chi connectivity index (χ3n) is 3.62. The van der Waals surface area contributed by atoms with E-state index < -0.39 is 0 Å². The zero-order chi connectivity index (χ0) is 13.1. The molecule has 1 aliphatic heterocycles. The van der Waals surface area contributed by atoms with Crippen LogP contribution >= 0.6 is 27.3 Å². The Morgan fingerprint density at radius 2 is 2.28 bits per heavy atom. The molecule has 2 unspecified atom stereocenters. The number of thiophene rings is 1. The molecule has 2 rings (SSSR count). The van der Waals surface area contributed by atoms with Crippen LogP contribution in [0.4, 0.5) is 0 Å². The summed E-state index contributed by atoms with van der Waals surface area (Å²) in [4.78, 5) is 3.89. The van der Waals surface area contributed by atoms with E-state index in [2.05, 4.69) is 52.9 Å². The molecule has 2 atom stereocenters. The molecule has 2 N–H and O–H groups in total. The van der Waals surface area contributed by atoms with Crippen LogP contribution in [-0.2, 0) is 0 Å². The van der Waals surface area contributed by atoms with Gasteiger partial charge in [-0.2, -0.15) is 0 Å². The SMILES string of the molecule is CCC(N)C(c1ccc(Br)s1)N1CC=C(C)CC1. The number of hydrogen-bond donors (Lipinski definition) is 1. The Bertz CT molecular complexity index is 427. The van der Waals surface area contributed by atoms with E-state index in [0.29, 0.717) is 6.04 Å². The Labute approximate surface area is 122 Å². The van der Waals surface area contributed by atoms with E-state index in [1.165, 1.54) is 20.7 Å². The first-order chi connectivity index (χ1) is 8.61. The molecule has 0 saturated heterocycles. The maximum Gasteiger partial charge on any atom is 0.0702 e. The average molecular weight is 329 g/mol. The van der Waals surface area contributed by atoms with Gasteiger partial charge in [0.2, 0.25) is 0 Å². The molecule has 1 aliphatic rings. The molecule has 0 fully saturated rings. The Hall–Kier alpha value is -0.160. The van der Waals surface area contributed by atoms with Crippen molar-refractivity contribution in [3.63, 3.8) is 0 Å². The van der Waals surface area contributed by atoms with Crippen LogP contribution in [0, 0.1) is 0 Å². The third-order valence-corrected chi connectivity index (χ3v) is 5.32. The van der Waals surface area contributed by atoms with Gasteiger partial charge >= 0.3 is 0 Å². The maximum atomic E-state index is 6.35. The average Bonchev–Trinajstić information content (AvgIpc) is 2.78. The number of hydrogen-bond acceptors (Lipinski definition) is 3. The van der Waals surface area contributed by atoms with Crippen molar-refractivity contribution in [2.24, 2.45) is 5.73 Å². The lowest BCUT2D eigenvalue weighted by Crippen LogP contribution is -2.42. The van der Waals surface area contributed by atoms with Crippen LogP contribution in [0.2, 0.25) is 0 Å². The van der Waals surface area contributed by atoms with Crippen molar-refractivity contribution in [2.75, 3.05) is 13.1 Å². The number of nitrogens with zero attached hydrogens (tertiary/aromatic N) is 1. The van der Waals surface area contributed by atoms with Crippen LogP contribution in [0.3, 0.4) is 0 Å². The first kappa shape index (κ1) is 14.3. The van der Waals surface area contributed by atoms with Crippen LogP contribution in [-0.4, -0.2) is 24.0 Å². The Balaban J connectivity index is 2.20. The van der Waals surface area contributed by atoms with Crippen LogP contribution in [0.25, 0.3) is 0 Å². The van der Waals surface area contributed by atoms with E-state index in [0.717, 1.165) is 19.5 Å². The summed E-state index contributed by atoms with van der Waals surface area (Å²) in [5.74, 6) is 0. The Morgan fingerprint density at radius 1 is 1.50 bits per heavy atom. The van der Waals surface area contributed by atoms with Crippen molar-refractivity contribution in [3.05, 3.63) is 32.4 Å². The lowest BCUT2D eigenvalue weighted by Gasteiger charge is -2.36. The Morgan fingerprint density at radius 3 is 2.78 bits per heavy atom. The van der Waals surface area contributed by atoms with Gasteiger partial charge in [0.25, 0.3) is 0 Å². The van der Waals surface area contributed by atoms with Crippen molar-refractivity contribution in [1.29, 1.82) is 0 Å². The molecule has 0 aromatic carbocycles. The summed E-state index contributed by atoms with van der Waals surface area (Å²) < 4.78 is 1.19. The summed E-state index contributed by atoms with van der Waals surface area (Å²) >= 11 is 5.36. The Kier molecular flexibility index (Phi) is 5.01. The monoisotopic (exact) mass is 328 g/mol. The van der Waals surface area contributed by atoms with Gasteiger partial charge in [-0.3, -0.25) is 4.90 Å². The van der Waals surface area contributed by atoms with Gasteiger partial charge in [-0.05, 0) is 47.8 Å². The van der Waals surface area contributed by atoms with Crippen molar-refractivity contribution in [1.82, 2.24) is 4.90 Å². The molecule has 2 nitrogen and oxygen atoms in total. The van der Waals surface area contributed by atoms with E-state index in [9.17, 15) is 0 Å². The highest BCUT2D eigenvalue weighted by molar-refractivity contribution is 9.11.